The molecular formula is C11H14N2O2. The van der Waals surface area contributed by atoms with E-state index >= 15 is 0 Å². The van der Waals surface area contributed by atoms with Crippen molar-refractivity contribution in [1.82, 2.24) is 0 Å². The molecule has 1 heterocycles. The first-order valence-corrected chi connectivity index (χ1v) is 4.94. The fourth-order valence-corrected chi connectivity index (χ4v) is 1.79. The summed E-state index contributed by atoms with van der Waals surface area (Å²) in [4.78, 5) is 11.5. The van der Waals surface area contributed by atoms with Crippen molar-refractivity contribution in [2.75, 3.05) is 12.4 Å². The fraction of sp³-hybridized carbons (Fsp3) is 0.364. The predicted molar refractivity (Wildman–Crippen MR) is 57.9 cm³/mol. The lowest BCUT2D eigenvalue weighted by molar-refractivity contribution is -0.117. The number of amides is 1. The Morgan fingerprint density at radius 1 is 1.53 bits per heavy atom. The van der Waals surface area contributed by atoms with Gasteiger partial charge in [0.15, 0.2) is 0 Å². The summed E-state index contributed by atoms with van der Waals surface area (Å²) in [6.45, 7) is 0. The number of anilines is 1. The number of methoxy groups -OCH3 is 1. The van der Waals surface area contributed by atoms with Crippen LogP contribution in [0.3, 0.4) is 0 Å². The van der Waals surface area contributed by atoms with Crippen LogP contribution in [0.2, 0.25) is 0 Å². The Kier molecular flexibility index (Phi) is 2.60. The SMILES string of the molecule is COc1cccc2c1CC[C@H](N)C(=O)N2. The lowest BCUT2D eigenvalue weighted by Gasteiger charge is -2.10. The third-order valence-corrected chi connectivity index (χ3v) is 2.65. The van der Waals surface area contributed by atoms with Crippen molar-refractivity contribution in [2.24, 2.45) is 5.73 Å². The summed E-state index contributed by atoms with van der Waals surface area (Å²) in [7, 11) is 1.63. The van der Waals surface area contributed by atoms with Crippen LogP contribution in [0.15, 0.2) is 18.2 Å². The number of fused-ring (bicyclic) bond motifs is 1. The number of carbonyl (C=O) groups excluding carboxylic acids is 1. The molecule has 0 fully saturated rings. The molecule has 2 rings (SSSR count). The lowest BCUT2D eigenvalue weighted by Crippen LogP contribution is -2.34. The zero-order valence-corrected chi connectivity index (χ0v) is 8.62. The van der Waals surface area contributed by atoms with E-state index in [0.29, 0.717) is 6.42 Å². The molecular weight excluding hydrogens is 192 g/mol. The molecule has 1 atom stereocenters. The Hall–Kier alpha value is -1.55. The van der Waals surface area contributed by atoms with Gasteiger partial charge in [0.25, 0.3) is 0 Å². The Bertz CT molecular complexity index is 390. The highest BCUT2D eigenvalue weighted by atomic mass is 16.5. The molecule has 1 aromatic rings. The molecule has 0 spiro atoms. The first-order valence-electron chi connectivity index (χ1n) is 4.94. The highest BCUT2D eigenvalue weighted by Gasteiger charge is 2.21. The highest BCUT2D eigenvalue weighted by molar-refractivity contribution is 5.96. The van der Waals surface area contributed by atoms with E-state index < -0.39 is 6.04 Å². The quantitative estimate of drug-likeness (QED) is 0.717. The molecule has 3 N–H and O–H groups in total. The van der Waals surface area contributed by atoms with E-state index in [1.165, 1.54) is 0 Å². The maximum absolute atomic E-state index is 11.5. The summed E-state index contributed by atoms with van der Waals surface area (Å²) in [5.74, 6) is 0.684. The van der Waals surface area contributed by atoms with E-state index in [0.717, 1.165) is 23.4 Å². The van der Waals surface area contributed by atoms with Crippen LogP contribution in [0.25, 0.3) is 0 Å². The van der Waals surface area contributed by atoms with E-state index in [2.05, 4.69) is 5.32 Å². The Morgan fingerprint density at radius 2 is 2.33 bits per heavy atom. The highest BCUT2D eigenvalue weighted by Crippen LogP contribution is 2.29. The van der Waals surface area contributed by atoms with Crippen LogP contribution in [0.4, 0.5) is 5.69 Å². The molecule has 1 aromatic carbocycles. The van der Waals surface area contributed by atoms with Crippen molar-refractivity contribution >= 4 is 11.6 Å². The van der Waals surface area contributed by atoms with E-state index in [1.807, 2.05) is 18.2 Å². The second kappa shape index (κ2) is 3.90. The van der Waals surface area contributed by atoms with Crippen LogP contribution < -0.4 is 15.8 Å². The standard InChI is InChI=1S/C11H14N2O2/c1-15-10-4-2-3-9-7(10)5-6-8(12)11(14)13-9/h2-4,8H,5-6,12H2,1H3,(H,13,14)/t8-/m0/s1. The maximum atomic E-state index is 11.5. The minimum Gasteiger partial charge on any atom is -0.496 e. The second-order valence-corrected chi connectivity index (χ2v) is 3.62. The number of carbonyl (C=O) groups is 1. The molecule has 0 saturated carbocycles. The molecule has 4 heteroatoms. The normalized spacial score (nSPS) is 20.1. The average molecular weight is 206 g/mol. The molecule has 1 amide bonds. The minimum absolute atomic E-state index is 0.123. The molecule has 0 bridgehead atoms. The number of hydrogen-bond acceptors (Lipinski definition) is 3. The maximum Gasteiger partial charge on any atom is 0.241 e. The molecule has 4 nitrogen and oxygen atoms in total. The van der Waals surface area contributed by atoms with Crippen LogP contribution in [0, 0.1) is 0 Å². The van der Waals surface area contributed by atoms with Crippen molar-refractivity contribution in [2.45, 2.75) is 18.9 Å². The number of nitrogens with two attached hydrogens (primary N) is 1. The first-order chi connectivity index (χ1) is 7.22. The van der Waals surface area contributed by atoms with Gasteiger partial charge in [-0.15, -0.1) is 0 Å². The summed E-state index contributed by atoms with van der Waals surface area (Å²) in [5.41, 5.74) is 7.54. The topological polar surface area (TPSA) is 64.3 Å². The summed E-state index contributed by atoms with van der Waals surface area (Å²) >= 11 is 0. The lowest BCUT2D eigenvalue weighted by atomic mass is 10.1. The Labute approximate surface area is 88.4 Å². The number of hydrogen-bond donors (Lipinski definition) is 2. The van der Waals surface area contributed by atoms with Crippen molar-refractivity contribution in [3.63, 3.8) is 0 Å². The number of rotatable bonds is 1. The van der Waals surface area contributed by atoms with Gasteiger partial charge >= 0.3 is 0 Å². The van der Waals surface area contributed by atoms with Crippen LogP contribution in [0.1, 0.15) is 12.0 Å². The summed E-state index contributed by atoms with van der Waals surface area (Å²) in [6, 6.07) is 5.19. The van der Waals surface area contributed by atoms with Gasteiger partial charge in [0.1, 0.15) is 5.75 Å². The third-order valence-electron chi connectivity index (χ3n) is 2.65. The first kappa shape index (κ1) is 9.98. The summed E-state index contributed by atoms with van der Waals surface area (Å²) < 4.78 is 5.25. The van der Waals surface area contributed by atoms with Gasteiger partial charge in [-0.25, -0.2) is 0 Å². The van der Waals surface area contributed by atoms with Gasteiger partial charge in [0.2, 0.25) is 5.91 Å². The van der Waals surface area contributed by atoms with Crippen molar-refractivity contribution < 1.29 is 9.53 Å². The van der Waals surface area contributed by atoms with E-state index in [-0.39, 0.29) is 5.91 Å². The Balaban J connectivity index is 2.42. The molecule has 1 aliphatic rings. The van der Waals surface area contributed by atoms with Crippen molar-refractivity contribution in [1.29, 1.82) is 0 Å². The molecule has 15 heavy (non-hydrogen) atoms. The predicted octanol–water partition coefficient (Wildman–Crippen LogP) is 0.907. The van der Waals surface area contributed by atoms with E-state index in [1.54, 1.807) is 7.11 Å². The van der Waals surface area contributed by atoms with Crippen molar-refractivity contribution in [3.05, 3.63) is 23.8 Å². The monoisotopic (exact) mass is 206 g/mol. The second-order valence-electron chi connectivity index (χ2n) is 3.62. The number of ether oxygens (including phenoxy) is 1. The molecule has 80 valence electrons. The summed E-state index contributed by atoms with van der Waals surface area (Å²) in [6.07, 6.45) is 1.42. The van der Waals surface area contributed by atoms with Gasteiger partial charge in [-0.05, 0) is 25.0 Å². The van der Waals surface area contributed by atoms with Crippen LogP contribution in [-0.2, 0) is 11.2 Å². The molecule has 1 aliphatic heterocycles. The summed E-state index contributed by atoms with van der Waals surface area (Å²) in [5, 5.41) is 2.80. The van der Waals surface area contributed by atoms with Crippen LogP contribution >= 0.6 is 0 Å². The smallest absolute Gasteiger partial charge is 0.241 e. The average Bonchev–Trinajstić information content (AvgIpc) is 2.39. The van der Waals surface area contributed by atoms with Gasteiger partial charge in [0.05, 0.1) is 13.2 Å². The Morgan fingerprint density at radius 3 is 3.07 bits per heavy atom. The zero-order valence-electron chi connectivity index (χ0n) is 8.62. The molecule has 0 unspecified atom stereocenters. The third kappa shape index (κ3) is 1.80. The van der Waals surface area contributed by atoms with Gasteiger partial charge in [0, 0.05) is 11.3 Å². The minimum atomic E-state index is -0.429. The van der Waals surface area contributed by atoms with Crippen LogP contribution in [0.5, 0.6) is 5.75 Å². The van der Waals surface area contributed by atoms with E-state index in [4.69, 9.17) is 10.5 Å². The molecule has 0 radical (unpaired) electrons. The number of nitrogens with one attached hydrogen (secondary N) is 1. The molecule has 0 saturated heterocycles. The number of benzene rings is 1. The van der Waals surface area contributed by atoms with Gasteiger partial charge in [-0.3, -0.25) is 4.79 Å². The van der Waals surface area contributed by atoms with Crippen molar-refractivity contribution in [3.8, 4) is 5.75 Å². The van der Waals surface area contributed by atoms with Gasteiger partial charge in [-0.1, -0.05) is 6.07 Å². The molecule has 0 aromatic heterocycles. The fourth-order valence-electron chi connectivity index (χ4n) is 1.79. The van der Waals surface area contributed by atoms with Crippen LogP contribution in [-0.4, -0.2) is 19.1 Å². The largest absolute Gasteiger partial charge is 0.496 e. The van der Waals surface area contributed by atoms with E-state index in [9.17, 15) is 4.79 Å². The molecule has 0 aliphatic carbocycles. The zero-order chi connectivity index (χ0) is 10.8. The van der Waals surface area contributed by atoms with Gasteiger partial charge in [-0.2, -0.15) is 0 Å². The van der Waals surface area contributed by atoms with Gasteiger partial charge < -0.3 is 15.8 Å².